The largest absolute Gasteiger partial charge is 0.501 e. The van der Waals surface area contributed by atoms with Crippen LogP contribution in [0, 0.1) is 12.7 Å². The van der Waals surface area contributed by atoms with Gasteiger partial charge in [0.25, 0.3) is 11.5 Å². The molecule has 1 aliphatic rings. The van der Waals surface area contributed by atoms with Crippen molar-refractivity contribution in [3.63, 3.8) is 0 Å². The number of rotatable bonds is 4. The van der Waals surface area contributed by atoms with Crippen molar-refractivity contribution < 1.29 is 19.0 Å². The first-order valence-electron chi connectivity index (χ1n) is 9.30. The van der Waals surface area contributed by atoms with Gasteiger partial charge in [0.05, 0.1) is 37.3 Å². The number of carbonyl (C=O) groups is 1. The molecule has 0 aliphatic carbocycles. The minimum absolute atomic E-state index is 0.00358. The highest BCUT2D eigenvalue weighted by atomic mass is 19.1. The Bertz CT molecular complexity index is 1170. The van der Waals surface area contributed by atoms with E-state index in [2.05, 4.69) is 20.6 Å². The van der Waals surface area contributed by atoms with E-state index in [4.69, 9.17) is 4.74 Å². The third-order valence-electron chi connectivity index (χ3n) is 4.80. The van der Waals surface area contributed by atoms with E-state index < -0.39 is 23.0 Å². The topological polar surface area (TPSA) is 124 Å². The average Bonchev–Trinajstić information content (AvgIpc) is 3.01. The lowest BCUT2D eigenvalue weighted by atomic mass is 10.1. The van der Waals surface area contributed by atoms with Crippen LogP contribution in [0.15, 0.2) is 29.2 Å². The number of carbonyl (C=O) groups excluding carboxylic acids is 1. The zero-order chi connectivity index (χ0) is 21.3. The monoisotopic (exact) mass is 414 g/mol. The van der Waals surface area contributed by atoms with Crippen LogP contribution in [0.25, 0.3) is 5.69 Å². The van der Waals surface area contributed by atoms with E-state index in [0.717, 1.165) is 0 Å². The Morgan fingerprint density at radius 2 is 2.20 bits per heavy atom. The summed E-state index contributed by atoms with van der Waals surface area (Å²) in [7, 11) is 0. The third-order valence-corrected chi connectivity index (χ3v) is 4.80. The lowest BCUT2D eigenvalue weighted by molar-refractivity contribution is 0.0941. The predicted molar refractivity (Wildman–Crippen MR) is 102 cm³/mol. The average molecular weight is 414 g/mol. The van der Waals surface area contributed by atoms with Gasteiger partial charge in [-0.1, -0.05) is 11.3 Å². The smallest absolute Gasteiger partial charge is 0.296 e. The number of hydrogen-bond donors (Lipinski definition) is 2. The number of halogens is 1. The molecule has 3 aromatic rings. The van der Waals surface area contributed by atoms with E-state index in [1.807, 2.05) is 0 Å². The van der Waals surface area contributed by atoms with Crippen LogP contribution in [-0.2, 0) is 24.2 Å². The van der Waals surface area contributed by atoms with Gasteiger partial charge in [0.1, 0.15) is 11.6 Å². The highest BCUT2D eigenvalue weighted by molar-refractivity contribution is 5.94. The van der Waals surface area contributed by atoms with Crippen LogP contribution in [0.2, 0.25) is 0 Å². The minimum atomic E-state index is -0.719. The second-order valence-electron chi connectivity index (χ2n) is 6.79. The fourth-order valence-electron chi connectivity index (χ4n) is 3.26. The van der Waals surface area contributed by atoms with E-state index in [9.17, 15) is 19.1 Å². The minimum Gasteiger partial charge on any atom is -0.501 e. The van der Waals surface area contributed by atoms with Crippen LogP contribution in [0.5, 0.6) is 5.75 Å². The van der Waals surface area contributed by atoms with Crippen molar-refractivity contribution in [2.75, 3.05) is 13.2 Å². The van der Waals surface area contributed by atoms with Gasteiger partial charge in [0, 0.05) is 13.0 Å². The fraction of sp³-hybridized carbons (Fsp3) is 0.316. The number of aryl methyl sites for hydroxylation is 1. The Kier molecular flexibility index (Phi) is 5.27. The summed E-state index contributed by atoms with van der Waals surface area (Å²) in [4.78, 5) is 29.3. The molecule has 30 heavy (non-hydrogen) atoms. The van der Waals surface area contributed by atoms with Gasteiger partial charge in [0.2, 0.25) is 5.75 Å². The molecule has 3 heterocycles. The first kappa shape index (κ1) is 19.7. The maximum atomic E-state index is 13.8. The molecule has 0 unspecified atom stereocenters. The summed E-state index contributed by atoms with van der Waals surface area (Å²) in [6.45, 7) is 2.72. The molecule has 1 aliphatic heterocycles. The Balaban J connectivity index is 1.61. The van der Waals surface area contributed by atoms with Gasteiger partial charge in [-0.3, -0.25) is 14.2 Å². The van der Waals surface area contributed by atoms with Crippen LogP contribution in [-0.4, -0.2) is 48.8 Å². The highest BCUT2D eigenvalue weighted by Crippen LogP contribution is 2.18. The number of aromatic nitrogens is 5. The maximum Gasteiger partial charge on any atom is 0.296 e. The number of ether oxygens (including phenoxy) is 1. The standard InChI is InChI=1S/C19H19FN6O4/c1-11-9-22-24-26(11)14-8-13(20)3-2-12(14)10-21-18(28)16-17(27)19(29)25-5-7-30-6-4-15(25)23-16/h2-3,8-9,27H,4-7,10H2,1H3,(H,21,28). The van der Waals surface area contributed by atoms with Gasteiger partial charge in [-0.15, -0.1) is 5.10 Å². The molecule has 2 aromatic heterocycles. The van der Waals surface area contributed by atoms with Crippen molar-refractivity contribution in [3.05, 3.63) is 63.3 Å². The summed E-state index contributed by atoms with van der Waals surface area (Å²) in [6, 6.07) is 4.07. The summed E-state index contributed by atoms with van der Waals surface area (Å²) in [5.41, 5.74) is 0.637. The summed E-state index contributed by atoms with van der Waals surface area (Å²) in [6.07, 6.45) is 1.88. The lowest BCUT2D eigenvalue weighted by Crippen LogP contribution is -2.31. The molecule has 0 saturated heterocycles. The molecule has 0 saturated carbocycles. The van der Waals surface area contributed by atoms with E-state index in [1.54, 1.807) is 6.92 Å². The second-order valence-corrected chi connectivity index (χ2v) is 6.79. The molecule has 0 fully saturated rings. The normalized spacial score (nSPS) is 13.5. The molecule has 10 nitrogen and oxygen atoms in total. The van der Waals surface area contributed by atoms with Crippen molar-refractivity contribution in [1.82, 2.24) is 29.9 Å². The Morgan fingerprint density at radius 3 is 2.97 bits per heavy atom. The molecule has 11 heteroatoms. The third kappa shape index (κ3) is 3.66. The summed E-state index contributed by atoms with van der Waals surface area (Å²) in [5, 5.41) is 20.6. The summed E-state index contributed by atoms with van der Waals surface area (Å²) in [5.74, 6) is -1.52. The number of nitrogens with zero attached hydrogens (tertiary/aromatic N) is 5. The van der Waals surface area contributed by atoms with Gasteiger partial charge >= 0.3 is 0 Å². The molecule has 0 spiro atoms. The second kappa shape index (κ2) is 8.03. The molecule has 1 amide bonds. The molecule has 0 atom stereocenters. The zero-order valence-corrected chi connectivity index (χ0v) is 16.1. The van der Waals surface area contributed by atoms with Gasteiger partial charge in [-0.05, 0) is 24.6 Å². The molecular formula is C19H19FN6O4. The number of amides is 1. The maximum absolute atomic E-state index is 13.8. The Hall–Kier alpha value is -3.60. The highest BCUT2D eigenvalue weighted by Gasteiger charge is 2.22. The van der Waals surface area contributed by atoms with Gasteiger partial charge in [-0.2, -0.15) is 0 Å². The molecule has 4 rings (SSSR count). The predicted octanol–water partition coefficient (Wildman–Crippen LogP) is 0.480. The summed E-state index contributed by atoms with van der Waals surface area (Å²) < 4.78 is 21.9. The molecule has 0 bridgehead atoms. The first-order valence-corrected chi connectivity index (χ1v) is 9.30. The number of hydrogen-bond acceptors (Lipinski definition) is 7. The van der Waals surface area contributed by atoms with Crippen LogP contribution in [0.3, 0.4) is 0 Å². The summed E-state index contributed by atoms with van der Waals surface area (Å²) >= 11 is 0. The molecule has 0 radical (unpaired) electrons. The van der Waals surface area contributed by atoms with E-state index >= 15 is 0 Å². The number of fused-ring (bicyclic) bond motifs is 1. The van der Waals surface area contributed by atoms with E-state index in [0.29, 0.717) is 42.4 Å². The van der Waals surface area contributed by atoms with Crippen molar-refractivity contribution >= 4 is 5.91 Å². The molecule has 1 aromatic carbocycles. The van der Waals surface area contributed by atoms with Gasteiger partial charge in [-0.25, -0.2) is 14.1 Å². The van der Waals surface area contributed by atoms with Crippen molar-refractivity contribution in [2.24, 2.45) is 0 Å². The van der Waals surface area contributed by atoms with Crippen LogP contribution in [0.1, 0.15) is 27.6 Å². The number of aromatic hydroxyl groups is 1. The SMILES string of the molecule is Cc1cnnn1-c1cc(F)ccc1CNC(=O)c1nc2n(c(=O)c1O)CCOCC2. The number of benzene rings is 1. The Morgan fingerprint density at radius 1 is 1.37 bits per heavy atom. The lowest BCUT2D eigenvalue weighted by Gasteiger charge is -2.13. The fourth-order valence-corrected chi connectivity index (χ4v) is 3.26. The first-order chi connectivity index (χ1) is 14.5. The van der Waals surface area contributed by atoms with Gasteiger partial charge < -0.3 is 15.2 Å². The number of nitrogens with one attached hydrogen (secondary N) is 1. The van der Waals surface area contributed by atoms with E-state index in [-0.39, 0.29) is 18.8 Å². The van der Waals surface area contributed by atoms with Crippen LogP contribution in [0.4, 0.5) is 4.39 Å². The Labute approximate surface area is 169 Å². The molecule has 156 valence electrons. The van der Waals surface area contributed by atoms with Crippen molar-refractivity contribution in [2.45, 2.75) is 26.4 Å². The molecular weight excluding hydrogens is 395 g/mol. The zero-order valence-electron chi connectivity index (χ0n) is 16.1. The quantitative estimate of drug-likeness (QED) is 0.636. The molecule has 2 N–H and O–H groups in total. The van der Waals surface area contributed by atoms with E-state index in [1.165, 1.54) is 33.6 Å². The van der Waals surface area contributed by atoms with Crippen molar-refractivity contribution in [3.8, 4) is 11.4 Å². The van der Waals surface area contributed by atoms with Gasteiger partial charge in [0.15, 0.2) is 5.69 Å². The van der Waals surface area contributed by atoms with Crippen molar-refractivity contribution in [1.29, 1.82) is 0 Å². The van der Waals surface area contributed by atoms with Crippen LogP contribution >= 0.6 is 0 Å². The van der Waals surface area contributed by atoms with Crippen LogP contribution < -0.4 is 10.9 Å².